The molecule has 0 N–H and O–H groups in total. The Balaban J connectivity index is 1.48. The molecule has 1 amide bonds. The second kappa shape index (κ2) is 10.5. The van der Waals surface area contributed by atoms with Gasteiger partial charge < -0.3 is 19.1 Å². The number of carbonyl (C=O) groups excluding carboxylic acids is 1. The first-order valence-electron chi connectivity index (χ1n) is 9.61. The van der Waals surface area contributed by atoms with Crippen LogP contribution in [0.5, 0.6) is 0 Å². The van der Waals surface area contributed by atoms with Gasteiger partial charge in [0.15, 0.2) is 0 Å². The molecule has 1 aliphatic heterocycles. The van der Waals surface area contributed by atoms with E-state index in [9.17, 15) is 4.79 Å². The van der Waals surface area contributed by atoms with Gasteiger partial charge in [-0.25, -0.2) is 4.79 Å². The molecule has 26 heavy (non-hydrogen) atoms. The Morgan fingerprint density at radius 2 is 1.69 bits per heavy atom. The summed E-state index contributed by atoms with van der Waals surface area (Å²) in [7, 11) is 0. The zero-order valence-corrected chi connectivity index (χ0v) is 16.4. The first-order valence-corrected chi connectivity index (χ1v) is 9.61. The van der Waals surface area contributed by atoms with E-state index >= 15 is 0 Å². The fourth-order valence-corrected chi connectivity index (χ4v) is 2.96. The van der Waals surface area contributed by atoms with Gasteiger partial charge in [0.2, 0.25) is 0 Å². The van der Waals surface area contributed by atoms with Crippen LogP contribution in [0.1, 0.15) is 45.6 Å². The number of ether oxygens (including phenoxy) is 3. The highest BCUT2D eigenvalue weighted by Crippen LogP contribution is 2.22. The minimum Gasteiger partial charge on any atom is -0.444 e. The monoisotopic (exact) mass is 363 g/mol. The lowest BCUT2D eigenvalue weighted by molar-refractivity contribution is 0.0140. The third-order valence-corrected chi connectivity index (χ3v) is 4.42. The SMILES string of the molecule is CC(C)(C)OC(=O)N1CCC(CCOCCOCc2ccccc2)CC1. The van der Waals surface area contributed by atoms with Gasteiger partial charge in [-0.15, -0.1) is 0 Å². The summed E-state index contributed by atoms with van der Waals surface area (Å²) in [6.07, 6.45) is 2.89. The maximum Gasteiger partial charge on any atom is 0.410 e. The fraction of sp³-hybridized carbons (Fsp3) is 0.667. The molecule has 1 aromatic rings. The van der Waals surface area contributed by atoms with Crippen molar-refractivity contribution in [3.8, 4) is 0 Å². The first-order chi connectivity index (χ1) is 12.4. The third kappa shape index (κ3) is 8.19. The van der Waals surface area contributed by atoms with Gasteiger partial charge in [-0.1, -0.05) is 30.3 Å². The van der Waals surface area contributed by atoms with Crippen molar-refractivity contribution in [1.82, 2.24) is 4.90 Å². The number of nitrogens with zero attached hydrogens (tertiary/aromatic N) is 1. The number of hydrogen-bond donors (Lipinski definition) is 0. The predicted octanol–water partition coefficient (Wildman–Crippen LogP) is 4.26. The van der Waals surface area contributed by atoms with Crippen LogP contribution in [0.15, 0.2) is 30.3 Å². The van der Waals surface area contributed by atoms with Crippen molar-refractivity contribution in [2.45, 2.75) is 52.2 Å². The van der Waals surface area contributed by atoms with Crippen LogP contribution < -0.4 is 0 Å². The molecule has 1 heterocycles. The highest BCUT2D eigenvalue weighted by Gasteiger charge is 2.26. The average Bonchev–Trinajstić information content (AvgIpc) is 2.61. The lowest BCUT2D eigenvalue weighted by Crippen LogP contribution is -2.41. The summed E-state index contributed by atoms with van der Waals surface area (Å²) >= 11 is 0. The Morgan fingerprint density at radius 3 is 2.35 bits per heavy atom. The van der Waals surface area contributed by atoms with E-state index in [2.05, 4.69) is 12.1 Å². The summed E-state index contributed by atoms with van der Waals surface area (Å²) in [5.74, 6) is 0.624. The second-order valence-electron chi connectivity index (χ2n) is 7.85. The van der Waals surface area contributed by atoms with E-state index < -0.39 is 5.60 Å². The molecule has 0 unspecified atom stereocenters. The van der Waals surface area contributed by atoms with Crippen molar-refractivity contribution in [3.05, 3.63) is 35.9 Å². The number of likely N-dealkylation sites (tertiary alicyclic amines) is 1. The molecule has 1 aliphatic rings. The van der Waals surface area contributed by atoms with Crippen LogP contribution in [0, 0.1) is 5.92 Å². The van der Waals surface area contributed by atoms with E-state index in [4.69, 9.17) is 14.2 Å². The molecule has 1 aromatic carbocycles. The normalized spacial score (nSPS) is 15.9. The number of piperidine rings is 1. The molecular formula is C21H33NO4. The van der Waals surface area contributed by atoms with Crippen LogP contribution in [0.2, 0.25) is 0 Å². The Labute approximate surface area is 157 Å². The molecule has 0 bridgehead atoms. The number of amides is 1. The van der Waals surface area contributed by atoms with Crippen molar-refractivity contribution in [3.63, 3.8) is 0 Å². The Bertz CT molecular complexity index is 519. The maximum atomic E-state index is 12.0. The summed E-state index contributed by atoms with van der Waals surface area (Å²) in [6, 6.07) is 10.2. The lowest BCUT2D eigenvalue weighted by atomic mass is 9.94. The summed E-state index contributed by atoms with van der Waals surface area (Å²) in [5, 5.41) is 0. The minimum absolute atomic E-state index is 0.192. The van der Waals surface area contributed by atoms with Gasteiger partial charge in [0.25, 0.3) is 0 Å². The molecule has 0 aliphatic carbocycles. The molecule has 0 atom stereocenters. The zero-order chi connectivity index (χ0) is 18.8. The summed E-state index contributed by atoms with van der Waals surface area (Å²) in [6.45, 7) is 9.89. The van der Waals surface area contributed by atoms with E-state index in [0.29, 0.717) is 25.7 Å². The quantitative estimate of drug-likeness (QED) is 0.648. The van der Waals surface area contributed by atoms with E-state index in [-0.39, 0.29) is 6.09 Å². The van der Waals surface area contributed by atoms with E-state index in [0.717, 1.165) is 39.0 Å². The fourth-order valence-electron chi connectivity index (χ4n) is 2.96. The average molecular weight is 363 g/mol. The molecule has 5 heteroatoms. The van der Waals surface area contributed by atoms with Crippen molar-refractivity contribution >= 4 is 6.09 Å². The summed E-state index contributed by atoms with van der Waals surface area (Å²) < 4.78 is 16.7. The Kier molecular flexibility index (Phi) is 8.39. The van der Waals surface area contributed by atoms with Gasteiger partial charge in [0.05, 0.1) is 19.8 Å². The van der Waals surface area contributed by atoms with E-state index in [1.165, 1.54) is 5.56 Å². The van der Waals surface area contributed by atoms with Crippen LogP contribution in [0.25, 0.3) is 0 Å². The van der Waals surface area contributed by atoms with Crippen molar-refractivity contribution in [1.29, 1.82) is 0 Å². The van der Waals surface area contributed by atoms with Gasteiger partial charge in [0.1, 0.15) is 5.60 Å². The number of rotatable bonds is 8. The van der Waals surface area contributed by atoms with Crippen LogP contribution in [0.3, 0.4) is 0 Å². The van der Waals surface area contributed by atoms with Crippen molar-refractivity contribution in [2.75, 3.05) is 32.9 Å². The molecule has 0 saturated carbocycles. The van der Waals surface area contributed by atoms with Crippen LogP contribution in [-0.4, -0.2) is 49.5 Å². The van der Waals surface area contributed by atoms with Crippen LogP contribution in [0.4, 0.5) is 4.79 Å². The number of carbonyl (C=O) groups is 1. The Morgan fingerprint density at radius 1 is 1.04 bits per heavy atom. The van der Waals surface area contributed by atoms with Crippen LogP contribution in [-0.2, 0) is 20.8 Å². The largest absolute Gasteiger partial charge is 0.444 e. The molecule has 146 valence electrons. The lowest BCUT2D eigenvalue weighted by Gasteiger charge is -2.33. The molecule has 1 fully saturated rings. The third-order valence-electron chi connectivity index (χ3n) is 4.42. The molecule has 2 rings (SSSR count). The second-order valence-corrected chi connectivity index (χ2v) is 7.85. The number of benzene rings is 1. The van der Waals surface area contributed by atoms with Gasteiger partial charge in [-0.3, -0.25) is 0 Å². The predicted molar refractivity (Wildman–Crippen MR) is 102 cm³/mol. The molecule has 0 spiro atoms. The van der Waals surface area contributed by atoms with E-state index in [1.54, 1.807) is 0 Å². The molecule has 0 aromatic heterocycles. The van der Waals surface area contributed by atoms with Crippen molar-refractivity contribution in [2.24, 2.45) is 5.92 Å². The highest BCUT2D eigenvalue weighted by atomic mass is 16.6. The summed E-state index contributed by atoms with van der Waals surface area (Å²) in [5.41, 5.74) is 0.758. The molecule has 0 radical (unpaired) electrons. The van der Waals surface area contributed by atoms with Gasteiger partial charge in [0, 0.05) is 19.7 Å². The Hall–Kier alpha value is -1.59. The molecule has 5 nitrogen and oxygen atoms in total. The van der Waals surface area contributed by atoms with Gasteiger partial charge in [-0.05, 0) is 51.5 Å². The molecule has 1 saturated heterocycles. The standard InChI is InChI=1S/C21H33NO4/c1-21(2,3)26-20(23)22-12-9-18(10-13-22)11-14-24-15-16-25-17-19-7-5-4-6-8-19/h4-8,18H,9-17H2,1-3H3. The minimum atomic E-state index is -0.426. The molecular weight excluding hydrogens is 330 g/mol. The zero-order valence-electron chi connectivity index (χ0n) is 16.4. The number of hydrogen-bond acceptors (Lipinski definition) is 4. The van der Waals surface area contributed by atoms with Gasteiger partial charge in [-0.2, -0.15) is 0 Å². The maximum absolute atomic E-state index is 12.0. The smallest absolute Gasteiger partial charge is 0.410 e. The summed E-state index contributed by atoms with van der Waals surface area (Å²) in [4.78, 5) is 13.9. The van der Waals surface area contributed by atoms with Crippen molar-refractivity contribution < 1.29 is 19.0 Å². The van der Waals surface area contributed by atoms with Gasteiger partial charge >= 0.3 is 6.09 Å². The van der Waals surface area contributed by atoms with E-state index in [1.807, 2.05) is 43.9 Å². The highest BCUT2D eigenvalue weighted by molar-refractivity contribution is 5.68. The van der Waals surface area contributed by atoms with Crippen LogP contribution >= 0.6 is 0 Å². The topological polar surface area (TPSA) is 48.0 Å². The first kappa shape index (κ1) is 20.7.